The number of esters is 2. The second-order valence-electron chi connectivity index (χ2n) is 3.19. The molecule has 6 nitrogen and oxygen atoms in total. The van der Waals surface area contributed by atoms with Crippen molar-refractivity contribution in [2.45, 2.75) is 13.8 Å². The Balaban J connectivity index is 3.60. The minimum Gasteiger partial charge on any atom is -0.464 e. The molecule has 8 heteroatoms. The third kappa shape index (κ3) is 9.91. The monoisotopic (exact) mass is 292 g/mol. The average molecular weight is 292 g/mol. The molecule has 0 radical (unpaired) electrons. The Morgan fingerprint density at radius 2 is 1.22 bits per heavy atom. The Labute approximate surface area is 116 Å². The van der Waals surface area contributed by atoms with Gasteiger partial charge in [-0.3, -0.25) is 9.59 Å². The second kappa shape index (κ2) is 9.72. The van der Waals surface area contributed by atoms with Crippen LogP contribution in [0.25, 0.3) is 0 Å². The lowest BCUT2D eigenvalue weighted by Crippen LogP contribution is -2.40. The van der Waals surface area contributed by atoms with E-state index in [1.807, 2.05) is 0 Å². The highest BCUT2D eigenvalue weighted by molar-refractivity contribution is 7.89. The maximum Gasteiger partial charge on any atom is 0.302 e. The molecule has 0 saturated carbocycles. The molecule has 0 saturated heterocycles. The molecule has 0 fully saturated rings. The Hall–Kier alpha value is -1.28. The molecule has 0 aromatic heterocycles. The predicted octanol–water partition coefficient (Wildman–Crippen LogP) is -0.0534. The maximum atomic E-state index is 10.5. The van der Waals surface area contributed by atoms with Crippen LogP contribution in [0.5, 0.6) is 0 Å². The first-order chi connectivity index (χ1) is 8.43. The summed E-state index contributed by atoms with van der Waals surface area (Å²) >= 11 is 9.99. The zero-order valence-corrected chi connectivity index (χ0v) is 11.9. The van der Waals surface area contributed by atoms with E-state index in [1.165, 1.54) is 13.8 Å². The van der Waals surface area contributed by atoms with Crippen molar-refractivity contribution >= 4 is 46.4 Å². The molecule has 0 aliphatic rings. The van der Waals surface area contributed by atoms with Crippen LogP contribution in [0.2, 0.25) is 0 Å². The fraction of sp³-hybridized carbons (Fsp3) is 0.600. The van der Waals surface area contributed by atoms with Gasteiger partial charge in [0, 0.05) is 26.9 Å². The van der Waals surface area contributed by atoms with Gasteiger partial charge in [-0.15, -0.1) is 0 Å². The van der Waals surface area contributed by atoms with Gasteiger partial charge in [0.1, 0.15) is 23.2 Å². The van der Waals surface area contributed by atoms with Crippen LogP contribution in [0, 0.1) is 0 Å². The second-order valence-corrected chi connectivity index (χ2v) is 4.01. The number of carbonyl (C=O) groups is 2. The van der Waals surface area contributed by atoms with E-state index in [1.54, 1.807) is 0 Å². The molecule has 0 amide bonds. The van der Waals surface area contributed by atoms with E-state index >= 15 is 0 Å². The Morgan fingerprint density at radius 3 is 1.50 bits per heavy atom. The van der Waals surface area contributed by atoms with Gasteiger partial charge >= 0.3 is 11.9 Å². The molecule has 18 heavy (non-hydrogen) atoms. The van der Waals surface area contributed by atoms with Gasteiger partial charge in [-0.25, -0.2) is 0 Å². The van der Waals surface area contributed by atoms with Gasteiger partial charge in [0.15, 0.2) is 0 Å². The zero-order chi connectivity index (χ0) is 14.0. The van der Waals surface area contributed by atoms with Gasteiger partial charge in [-0.1, -0.05) is 24.4 Å². The first kappa shape index (κ1) is 16.7. The number of hydrogen-bond donors (Lipinski definition) is 2. The molecule has 0 aliphatic carbocycles. The molecule has 2 N–H and O–H groups in total. The van der Waals surface area contributed by atoms with Gasteiger partial charge in [0.25, 0.3) is 0 Å². The van der Waals surface area contributed by atoms with Gasteiger partial charge in [-0.2, -0.15) is 0 Å². The summed E-state index contributed by atoms with van der Waals surface area (Å²) in [6, 6.07) is 0. The van der Waals surface area contributed by atoms with Crippen molar-refractivity contribution in [1.82, 2.24) is 10.6 Å². The molecule has 0 unspecified atom stereocenters. The van der Waals surface area contributed by atoms with Gasteiger partial charge in [-0.05, 0) is 0 Å². The fourth-order valence-electron chi connectivity index (χ4n) is 0.879. The molecule has 0 heterocycles. The van der Waals surface area contributed by atoms with E-state index in [0.717, 1.165) is 0 Å². The summed E-state index contributed by atoms with van der Waals surface area (Å²) in [6.45, 7) is 3.91. The van der Waals surface area contributed by atoms with Gasteiger partial charge in [0.2, 0.25) is 0 Å². The minimum atomic E-state index is -0.343. The van der Waals surface area contributed by atoms with Crippen molar-refractivity contribution in [1.29, 1.82) is 0 Å². The van der Waals surface area contributed by atoms with Crippen LogP contribution in [0.1, 0.15) is 13.8 Å². The molecular weight excluding hydrogens is 276 g/mol. The molecule has 0 atom stereocenters. The van der Waals surface area contributed by atoms with Gasteiger partial charge in [0.05, 0.1) is 0 Å². The van der Waals surface area contributed by atoms with Crippen LogP contribution in [0.4, 0.5) is 0 Å². The lowest BCUT2D eigenvalue weighted by Gasteiger charge is -2.11. The van der Waals surface area contributed by atoms with Gasteiger partial charge < -0.3 is 20.1 Å². The van der Waals surface area contributed by atoms with E-state index in [-0.39, 0.29) is 25.2 Å². The summed E-state index contributed by atoms with van der Waals surface area (Å²) < 4.78 is 9.43. The maximum absolute atomic E-state index is 10.5. The minimum absolute atomic E-state index is 0.228. The highest BCUT2D eigenvalue weighted by Gasteiger charge is 2.03. The predicted molar refractivity (Wildman–Crippen MR) is 74.5 cm³/mol. The van der Waals surface area contributed by atoms with Crippen molar-refractivity contribution in [2.75, 3.05) is 26.3 Å². The van der Waals surface area contributed by atoms with E-state index < -0.39 is 0 Å². The summed E-state index contributed by atoms with van der Waals surface area (Å²) in [5.41, 5.74) is 0. The van der Waals surface area contributed by atoms with Crippen molar-refractivity contribution in [3.05, 3.63) is 0 Å². The van der Waals surface area contributed by atoms with Crippen molar-refractivity contribution in [3.8, 4) is 0 Å². The van der Waals surface area contributed by atoms with E-state index in [2.05, 4.69) is 10.6 Å². The van der Waals surface area contributed by atoms with Crippen LogP contribution in [-0.2, 0) is 19.1 Å². The first-order valence-corrected chi connectivity index (χ1v) is 6.08. The van der Waals surface area contributed by atoms with Crippen molar-refractivity contribution in [3.63, 3.8) is 0 Å². The van der Waals surface area contributed by atoms with Crippen LogP contribution in [0.15, 0.2) is 0 Å². The summed E-state index contributed by atoms with van der Waals surface area (Å²) in [7, 11) is 0. The Kier molecular flexibility index (Phi) is 9.03. The Bertz CT molecular complexity index is 302. The number of nitrogens with one attached hydrogen (secondary N) is 2. The smallest absolute Gasteiger partial charge is 0.302 e. The summed E-state index contributed by atoms with van der Waals surface area (Å²) in [5.74, 6) is -0.686. The average Bonchev–Trinajstić information content (AvgIpc) is 2.29. The number of hydrogen-bond acceptors (Lipinski definition) is 6. The molecule has 0 rings (SSSR count). The molecule has 102 valence electrons. The molecule has 0 spiro atoms. The first-order valence-electron chi connectivity index (χ1n) is 5.26. The SMILES string of the molecule is CC(=O)OCCNC(=S)C(=S)NCCOC(C)=O. The zero-order valence-electron chi connectivity index (χ0n) is 10.3. The van der Waals surface area contributed by atoms with E-state index in [4.69, 9.17) is 33.9 Å². The molecule has 0 aromatic rings. The quantitative estimate of drug-likeness (QED) is 0.401. The third-order valence-corrected chi connectivity index (χ3v) is 2.42. The topological polar surface area (TPSA) is 76.7 Å². The van der Waals surface area contributed by atoms with Crippen LogP contribution >= 0.6 is 24.4 Å². The van der Waals surface area contributed by atoms with E-state index in [9.17, 15) is 9.59 Å². The molecule has 0 bridgehead atoms. The van der Waals surface area contributed by atoms with Crippen LogP contribution in [0.3, 0.4) is 0 Å². The summed E-state index contributed by atoms with van der Waals surface area (Å²) in [6.07, 6.45) is 0. The largest absolute Gasteiger partial charge is 0.464 e. The summed E-state index contributed by atoms with van der Waals surface area (Å²) in [5, 5.41) is 5.66. The standard InChI is InChI=1S/C10H16N2O4S2/c1-7(13)15-5-3-11-9(17)10(18)12-4-6-16-8(2)14/h3-6H2,1-2H3,(H,11,17)(H,12,18). The lowest BCUT2D eigenvalue weighted by atomic mass is 10.5. The molecular formula is C10H16N2O4S2. The fourth-order valence-corrected chi connectivity index (χ4v) is 1.23. The highest BCUT2D eigenvalue weighted by atomic mass is 32.1. The molecule has 0 aromatic carbocycles. The number of carbonyl (C=O) groups excluding carboxylic acids is 2. The normalized spacial score (nSPS) is 9.22. The highest BCUT2D eigenvalue weighted by Crippen LogP contribution is 1.81. The molecule has 0 aliphatic heterocycles. The van der Waals surface area contributed by atoms with Crippen LogP contribution < -0.4 is 10.6 Å². The van der Waals surface area contributed by atoms with Crippen molar-refractivity contribution < 1.29 is 19.1 Å². The number of rotatable bonds is 6. The number of thiocarbonyl (C=S) groups is 2. The van der Waals surface area contributed by atoms with Crippen molar-refractivity contribution in [2.24, 2.45) is 0 Å². The summed E-state index contributed by atoms with van der Waals surface area (Å²) in [4.78, 5) is 21.7. The third-order valence-electron chi connectivity index (χ3n) is 1.59. The number of ether oxygens (including phenoxy) is 2. The lowest BCUT2D eigenvalue weighted by molar-refractivity contribution is -0.141. The van der Waals surface area contributed by atoms with Crippen LogP contribution in [-0.4, -0.2) is 48.2 Å². The van der Waals surface area contributed by atoms with E-state index in [0.29, 0.717) is 23.1 Å². The Morgan fingerprint density at radius 1 is 0.889 bits per heavy atom.